The summed E-state index contributed by atoms with van der Waals surface area (Å²) in [5, 5.41) is 0.311. The van der Waals surface area contributed by atoms with Gasteiger partial charge >= 0.3 is 5.97 Å². The number of methoxy groups -OCH3 is 1. The Bertz CT molecular complexity index is 935. The molecule has 0 bridgehead atoms. The van der Waals surface area contributed by atoms with Crippen LogP contribution in [0.4, 0.5) is 0 Å². The summed E-state index contributed by atoms with van der Waals surface area (Å²) in [7, 11) is 1.39. The normalized spacial score (nSPS) is 14.5. The zero-order valence-corrected chi connectivity index (χ0v) is 16.0. The number of rotatable bonds is 5. The topological polar surface area (TPSA) is 112 Å². The maximum Gasteiger partial charge on any atom is 0.342 e. The molecule has 2 aromatic rings. The second-order valence-electron chi connectivity index (χ2n) is 5.82. The van der Waals surface area contributed by atoms with Gasteiger partial charge in [-0.3, -0.25) is 20.4 Å². The minimum atomic E-state index is -0.941. The van der Waals surface area contributed by atoms with E-state index in [1.54, 1.807) is 30.3 Å². The maximum atomic E-state index is 12.1. The number of ether oxygens (including phenoxy) is 4. The summed E-state index contributed by atoms with van der Waals surface area (Å²) in [5.41, 5.74) is 4.41. The number of hydrazine groups is 1. The van der Waals surface area contributed by atoms with Crippen LogP contribution in [-0.4, -0.2) is 44.2 Å². The Hall–Kier alpha value is -3.46. The minimum absolute atomic E-state index is 0.0116. The second-order valence-corrected chi connectivity index (χ2v) is 6.26. The van der Waals surface area contributed by atoms with Crippen LogP contribution in [0.3, 0.4) is 0 Å². The molecule has 0 fully saturated rings. The third-order valence-electron chi connectivity index (χ3n) is 3.84. The van der Waals surface area contributed by atoms with Crippen LogP contribution < -0.4 is 25.1 Å². The van der Waals surface area contributed by atoms with Crippen LogP contribution in [0.1, 0.15) is 10.4 Å². The average Bonchev–Trinajstić information content (AvgIpc) is 2.75. The number of hydrogen-bond acceptors (Lipinski definition) is 7. The quantitative estimate of drug-likeness (QED) is 0.556. The molecule has 0 aliphatic carbocycles. The van der Waals surface area contributed by atoms with Gasteiger partial charge in [0.05, 0.1) is 7.11 Å². The molecule has 1 aliphatic heterocycles. The summed E-state index contributed by atoms with van der Waals surface area (Å²) >= 11 is 5.86. The standard InChI is InChI=1S/C19H17ClN2O7/c1-26-13-7-6-11(20)8-12(13)19(25)28-10-17(23)21-22-18(24)16-9-27-14-4-2-3-5-15(14)29-16/h2-8,16H,9-10H2,1H3,(H,21,23)(H,22,24). The third kappa shape index (κ3) is 5.08. The summed E-state index contributed by atoms with van der Waals surface area (Å²) in [6.45, 7) is -0.637. The van der Waals surface area contributed by atoms with Crippen molar-refractivity contribution in [1.29, 1.82) is 0 Å². The van der Waals surface area contributed by atoms with Gasteiger partial charge in [-0.25, -0.2) is 4.79 Å². The van der Waals surface area contributed by atoms with Crippen LogP contribution in [0.15, 0.2) is 42.5 Å². The number of esters is 1. The molecule has 152 valence electrons. The van der Waals surface area contributed by atoms with E-state index >= 15 is 0 Å². The molecule has 0 aromatic heterocycles. The molecular formula is C19H17ClN2O7. The molecule has 0 radical (unpaired) electrons. The summed E-state index contributed by atoms with van der Waals surface area (Å²) in [6, 6.07) is 11.3. The summed E-state index contributed by atoms with van der Waals surface area (Å²) in [5.74, 6) is -0.951. The number of carbonyl (C=O) groups is 3. The highest BCUT2D eigenvalue weighted by molar-refractivity contribution is 6.31. The Morgan fingerprint density at radius 2 is 1.90 bits per heavy atom. The number of para-hydroxylation sites is 2. The Morgan fingerprint density at radius 3 is 2.66 bits per heavy atom. The molecule has 3 rings (SSSR count). The van der Waals surface area contributed by atoms with Gasteiger partial charge in [-0.15, -0.1) is 0 Å². The van der Waals surface area contributed by atoms with Crippen LogP contribution in [0, 0.1) is 0 Å². The zero-order chi connectivity index (χ0) is 20.8. The van der Waals surface area contributed by atoms with E-state index in [2.05, 4.69) is 10.9 Å². The van der Waals surface area contributed by atoms with Gasteiger partial charge in [0.1, 0.15) is 17.9 Å². The smallest absolute Gasteiger partial charge is 0.342 e. The number of amides is 2. The Kier molecular flexibility index (Phi) is 6.40. The lowest BCUT2D eigenvalue weighted by molar-refractivity contribution is -0.135. The summed E-state index contributed by atoms with van der Waals surface area (Å²) in [4.78, 5) is 36.1. The largest absolute Gasteiger partial charge is 0.496 e. The molecule has 2 amide bonds. The molecule has 1 heterocycles. The first-order valence-corrected chi connectivity index (χ1v) is 8.83. The monoisotopic (exact) mass is 420 g/mol. The Balaban J connectivity index is 1.46. The van der Waals surface area contributed by atoms with Gasteiger partial charge in [-0.2, -0.15) is 0 Å². The van der Waals surface area contributed by atoms with Crippen molar-refractivity contribution >= 4 is 29.4 Å². The first-order valence-electron chi connectivity index (χ1n) is 8.46. The van der Waals surface area contributed by atoms with Crippen molar-refractivity contribution in [3.63, 3.8) is 0 Å². The van der Waals surface area contributed by atoms with Gasteiger partial charge in [0.2, 0.25) is 6.10 Å². The number of carbonyl (C=O) groups excluding carboxylic acids is 3. The van der Waals surface area contributed by atoms with Crippen LogP contribution in [-0.2, 0) is 14.3 Å². The number of benzene rings is 2. The number of halogens is 1. The van der Waals surface area contributed by atoms with E-state index in [1.807, 2.05) is 0 Å². The van der Waals surface area contributed by atoms with Crippen molar-refractivity contribution in [3.05, 3.63) is 53.1 Å². The molecular weight excluding hydrogens is 404 g/mol. The van der Waals surface area contributed by atoms with E-state index in [4.69, 9.17) is 30.5 Å². The van der Waals surface area contributed by atoms with Crippen molar-refractivity contribution in [2.45, 2.75) is 6.10 Å². The molecule has 2 aromatic carbocycles. The van der Waals surface area contributed by atoms with Crippen molar-refractivity contribution in [1.82, 2.24) is 10.9 Å². The van der Waals surface area contributed by atoms with E-state index in [0.717, 1.165) is 0 Å². The maximum absolute atomic E-state index is 12.1. The fourth-order valence-corrected chi connectivity index (χ4v) is 2.62. The van der Waals surface area contributed by atoms with Gasteiger partial charge in [0, 0.05) is 5.02 Å². The zero-order valence-electron chi connectivity index (χ0n) is 15.3. The third-order valence-corrected chi connectivity index (χ3v) is 4.08. The molecule has 10 heteroatoms. The Labute approximate surface area is 170 Å². The lowest BCUT2D eigenvalue weighted by Gasteiger charge is -2.25. The lowest BCUT2D eigenvalue weighted by atomic mass is 10.2. The van der Waals surface area contributed by atoms with Gasteiger partial charge in [0.15, 0.2) is 18.1 Å². The summed E-state index contributed by atoms with van der Waals surface area (Å²) in [6.07, 6.45) is -0.941. The first kappa shape index (κ1) is 20.3. The van der Waals surface area contributed by atoms with Crippen LogP contribution in [0.2, 0.25) is 5.02 Å². The van der Waals surface area contributed by atoms with E-state index in [0.29, 0.717) is 16.5 Å². The second kappa shape index (κ2) is 9.16. The molecule has 0 saturated carbocycles. The average molecular weight is 421 g/mol. The van der Waals surface area contributed by atoms with Gasteiger partial charge in [-0.05, 0) is 30.3 Å². The first-order chi connectivity index (χ1) is 14.0. The van der Waals surface area contributed by atoms with E-state index in [1.165, 1.54) is 19.2 Å². The highest BCUT2D eigenvalue weighted by Crippen LogP contribution is 2.30. The van der Waals surface area contributed by atoms with Gasteiger partial charge in [-0.1, -0.05) is 23.7 Å². The van der Waals surface area contributed by atoms with Gasteiger partial charge < -0.3 is 18.9 Å². The molecule has 1 unspecified atom stereocenters. The molecule has 0 spiro atoms. The van der Waals surface area contributed by atoms with Gasteiger partial charge in [0.25, 0.3) is 11.8 Å². The highest BCUT2D eigenvalue weighted by Gasteiger charge is 2.27. The Morgan fingerprint density at radius 1 is 1.14 bits per heavy atom. The molecule has 1 aliphatic rings. The molecule has 0 saturated heterocycles. The lowest BCUT2D eigenvalue weighted by Crippen LogP contribution is -2.51. The minimum Gasteiger partial charge on any atom is -0.496 e. The van der Waals surface area contributed by atoms with E-state index < -0.39 is 30.5 Å². The molecule has 29 heavy (non-hydrogen) atoms. The molecule has 9 nitrogen and oxygen atoms in total. The van der Waals surface area contributed by atoms with Crippen LogP contribution >= 0.6 is 11.6 Å². The van der Waals surface area contributed by atoms with Crippen molar-refractivity contribution in [3.8, 4) is 17.2 Å². The van der Waals surface area contributed by atoms with E-state index in [-0.39, 0.29) is 17.9 Å². The molecule has 1 atom stereocenters. The van der Waals surface area contributed by atoms with Crippen LogP contribution in [0.5, 0.6) is 17.2 Å². The fraction of sp³-hybridized carbons (Fsp3) is 0.211. The predicted molar refractivity (Wildman–Crippen MR) is 101 cm³/mol. The highest BCUT2D eigenvalue weighted by atomic mass is 35.5. The SMILES string of the molecule is COc1ccc(Cl)cc1C(=O)OCC(=O)NNC(=O)C1COc2ccccc2O1. The van der Waals surface area contributed by atoms with Crippen molar-refractivity contribution in [2.24, 2.45) is 0 Å². The predicted octanol–water partition coefficient (Wildman–Crippen LogP) is 1.49. The van der Waals surface area contributed by atoms with Crippen molar-refractivity contribution < 1.29 is 33.3 Å². The van der Waals surface area contributed by atoms with E-state index in [9.17, 15) is 14.4 Å². The number of hydrogen-bond donors (Lipinski definition) is 2. The molecule has 2 N–H and O–H groups in total. The number of nitrogens with one attached hydrogen (secondary N) is 2. The van der Waals surface area contributed by atoms with Crippen molar-refractivity contribution in [2.75, 3.05) is 20.3 Å². The fourth-order valence-electron chi connectivity index (χ4n) is 2.45. The summed E-state index contributed by atoms with van der Waals surface area (Å²) < 4.78 is 20.9. The number of fused-ring (bicyclic) bond motifs is 1. The van der Waals surface area contributed by atoms with Crippen LogP contribution in [0.25, 0.3) is 0 Å².